The largest absolute Gasteiger partial charge is 0.481 e. The Morgan fingerprint density at radius 1 is 1.33 bits per heavy atom. The first kappa shape index (κ1) is 13.1. The second-order valence-electron chi connectivity index (χ2n) is 4.78. The molecule has 0 fully saturated rings. The predicted molar refractivity (Wildman–Crippen MR) is 76.1 cm³/mol. The smallest absolute Gasteiger partial charge is 0.310 e. The van der Waals surface area contributed by atoms with E-state index in [0.29, 0.717) is 6.04 Å². The summed E-state index contributed by atoms with van der Waals surface area (Å²) in [5.41, 5.74) is 1.93. The maximum Gasteiger partial charge on any atom is 0.310 e. The van der Waals surface area contributed by atoms with Gasteiger partial charge < -0.3 is 9.67 Å². The van der Waals surface area contributed by atoms with Gasteiger partial charge in [-0.3, -0.25) is 4.79 Å². The van der Waals surface area contributed by atoms with Crippen LogP contribution in [0.15, 0.2) is 28.9 Å². The third-order valence-corrected chi connectivity index (χ3v) is 3.87. The molecule has 1 heterocycles. The predicted octanol–water partition coefficient (Wildman–Crippen LogP) is 4.17. The zero-order valence-electron chi connectivity index (χ0n) is 10.6. The molecule has 0 amide bonds. The zero-order valence-corrected chi connectivity index (χ0v) is 12.2. The van der Waals surface area contributed by atoms with E-state index >= 15 is 0 Å². The molecule has 1 aromatic heterocycles. The fourth-order valence-corrected chi connectivity index (χ4v) is 2.75. The number of aromatic nitrogens is 1. The van der Waals surface area contributed by atoms with Crippen LogP contribution in [0.4, 0.5) is 0 Å². The Hall–Kier alpha value is -1.29. The van der Waals surface area contributed by atoms with Crippen LogP contribution in [0.3, 0.4) is 0 Å². The topological polar surface area (TPSA) is 42.2 Å². The molecule has 1 aromatic carbocycles. The van der Waals surface area contributed by atoms with Crippen molar-refractivity contribution in [3.8, 4) is 0 Å². The quantitative estimate of drug-likeness (QED) is 0.924. The minimum Gasteiger partial charge on any atom is -0.481 e. The van der Waals surface area contributed by atoms with Crippen LogP contribution >= 0.6 is 15.9 Å². The molecule has 18 heavy (non-hydrogen) atoms. The van der Waals surface area contributed by atoms with E-state index in [9.17, 15) is 9.90 Å². The molecule has 3 nitrogen and oxygen atoms in total. The van der Waals surface area contributed by atoms with Crippen molar-refractivity contribution in [3.05, 3.63) is 34.4 Å². The van der Waals surface area contributed by atoms with E-state index in [0.717, 1.165) is 20.9 Å². The van der Waals surface area contributed by atoms with Crippen molar-refractivity contribution in [1.29, 1.82) is 0 Å². The van der Waals surface area contributed by atoms with Gasteiger partial charge in [-0.1, -0.05) is 12.1 Å². The Bertz CT molecular complexity index is 601. The van der Waals surface area contributed by atoms with Gasteiger partial charge in [-0.15, -0.1) is 0 Å². The van der Waals surface area contributed by atoms with Crippen molar-refractivity contribution in [2.75, 3.05) is 0 Å². The molecule has 2 aromatic rings. The molecule has 1 unspecified atom stereocenters. The number of benzene rings is 1. The molecule has 1 N–H and O–H groups in total. The zero-order chi connectivity index (χ0) is 13.4. The highest BCUT2D eigenvalue weighted by molar-refractivity contribution is 9.10. The lowest BCUT2D eigenvalue weighted by atomic mass is 10.0. The number of aliphatic carboxylic acids is 1. The van der Waals surface area contributed by atoms with E-state index < -0.39 is 11.9 Å². The Labute approximate surface area is 115 Å². The Kier molecular flexibility index (Phi) is 3.48. The number of nitrogens with zero attached hydrogens (tertiary/aromatic N) is 1. The molecule has 0 bridgehead atoms. The number of hydrogen-bond donors (Lipinski definition) is 1. The van der Waals surface area contributed by atoms with Crippen LogP contribution in [0.2, 0.25) is 0 Å². The lowest BCUT2D eigenvalue weighted by Crippen LogP contribution is -2.07. The lowest BCUT2D eigenvalue weighted by Gasteiger charge is -2.10. The van der Waals surface area contributed by atoms with Gasteiger partial charge in [0.25, 0.3) is 0 Å². The summed E-state index contributed by atoms with van der Waals surface area (Å²) in [5, 5.41) is 10.2. The van der Waals surface area contributed by atoms with Crippen molar-refractivity contribution in [2.24, 2.45) is 0 Å². The van der Waals surface area contributed by atoms with Crippen molar-refractivity contribution < 1.29 is 9.90 Å². The van der Waals surface area contributed by atoms with Gasteiger partial charge in [0.1, 0.15) is 0 Å². The van der Waals surface area contributed by atoms with E-state index in [4.69, 9.17) is 0 Å². The average Bonchev–Trinajstić information content (AvgIpc) is 2.69. The molecule has 0 spiro atoms. The number of carboxylic acid groups (broad SMARTS) is 1. The third-order valence-electron chi connectivity index (χ3n) is 3.23. The van der Waals surface area contributed by atoms with E-state index in [1.807, 2.05) is 24.4 Å². The minimum absolute atomic E-state index is 0.293. The molecular formula is C14H16BrNO2. The highest BCUT2D eigenvalue weighted by Crippen LogP contribution is 2.34. The van der Waals surface area contributed by atoms with Crippen LogP contribution in [-0.4, -0.2) is 15.6 Å². The number of halogens is 1. The summed E-state index contributed by atoms with van der Waals surface area (Å²) in [4.78, 5) is 11.2. The van der Waals surface area contributed by atoms with E-state index in [1.165, 1.54) is 0 Å². The molecule has 0 aliphatic heterocycles. The molecule has 4 heteroatoms. The number of hydrogen-bond acceptors (Lipinski definition) is 1. The summed E-state index contributed by atoms with van der Waals surface area (Å²) >= 11 is 3.55. The molecule has 96 valence electrons. The van der Waals surface area contributed by atoms with Crippen LogP contribution in [-0.2, 0) is 4.79 Å². The average molecular weight is 310 g/mol. The maximum absolute atomic E-state index is 11.2. The highest BCUT2D eigenvalue weighted by Gasteiger charge is 2.21. The number of para-hydroxylation sites is 1. The monoisotopic (exact) mass is 309 g/mol. The summed E-state index contributed by atoms with van der Waals surface area (Å²) in [5.74, 6) is -1.29. The SMILES string of the molecule is CC(C(=O)O)c1cn(C(C)C)c2c(Br)cccc12. The number of carbonyl (C=O) groups is 1. The van der Waals surface area contributed by atoms with E-state index in [2.05, 4.69) is 34.3 Å². The van der Waals surface area contributed by atoms with Crippen molar-refractivity contribution >= 4 is 32.8 Å². The van der Waals surface area contributed by atoms with Crippen LogP contribution in [0.25, 0.3) is 10.9 Å². The van der Waals surface area contributed by atoms with Gasteiger partial charge in [-0.2, -0.15) is 0 Å². The standard InChI is InChI=1S/C14H16BrNO2/c1-8(2)16-7-11(9(3)14(17)18)10-5-4-6-12(15)13(10)16/h4-9H,1-3H3,(H,17,18). The van der Waals surface area contributed by atoms with Gasteiger partial charge in [-0.25, -0.2) is 0 Å². The molecule has 2 rings (SSSR count). The van der Waals surface area contributed by atoms with Crippen LogP contribution in [0, 0.1) is 0 Å². The van der Waals surface area contributed by atoms with Gasteiger partial charge in [0.05, 0.1) is 11.4 Å². The maximum atomic E-state index is 11.2. The fourth-order valence-electron chi connectivity index (χ4n) is 2.18. The van der Waals surface area contributed by atoms with Crippen molar-refractivity contribution in [1.82, 2.24) is 4.57 Å². The van der Waals surface area contributed by atoms with Gasteiger partial charge in [0, 0.05) is 22.1 Å². The minimum atomic E-state index is -0.794. The Balaban J connectivity index is 2.77. The summed E-state index contributed by atoms with van der Waals surface area (Å²) in [6.07, 6.45) is 1.96. The molecule has 0 aliphatic rings. The first-order chi connectivity index (χ1) is 8.43. The Morgan fingerprint density at radius 2 is 2.00 bits per heavy atom. The summed E-state index contributed by atoms with van der Waals surface area (Å²) in [6.45, 7) is 5.91. The normalized spacial score (nSPS) is 13.2. The van der Waals surface area contributed by atoms with E-state index in [-0.39, 0.29) is 0 Å². The number of rotatable bonds is 3. The summed E-state index contributed by atoms with van der Waals surface area (Å²) in [7, 11) is 0. The molecule has 1 atom stereocenters. The molecule has 0 aliphatic carbocycles. The van der Waals surface area contributed by atoms with Crippen molar-refractivity contribution in [2.45, 2.75) is 32.7 Å². The second-order valence-corrected chi connectivity index (χ2v) is 5.64. The number of carboxylic acids is 1. The van der Waals surface area contributed by atoms with Crippen LogP contribution in [0.1, 0.15) is 38.3 Å². The van der Waals surface area contributed by atoms with Gasteiger partial charge in [0.15, 0.2) is 0 Å². The highest BCUT2D eigenvalue weighted by atomic mass is 79.9. The van der Waals surface area contributed by atoms with Gasteiger partial charge in [-0.05, 0) is 48.3 Å². The second kappa shape index (κ2) is 4.76. The first-order valence-electron chi connectivity index (χ1n) is 5.95. The number of fused-ring (bicyclic) bond motifs is 1. The molecular weight excluding hydrogens is 294 g/mol. The molecule has 0 saturated carbocycles. The van der Waals surface area contributed by atoms with Crippen LogP contribution in [0.5, 0.6) is 0 Å². The third kappa shape index (κ3) is 2.05. The molecule has 0 saturated heterocycles. The van der Waals surface area contributed by atoms with Crippen molar-refractivity contribution in [3.63, 3.8) is 0 Å². The first-order valence-corrected chi connectivity index (χ1v) is 6.74. The summed E-state index contributed by atoms with van der Waals surface area (Å²) in [6, 6.07) is 6.19. The molecule has 0 radical (unpaired) electrons. The fraction of sp³-hybridized carbons (Fsp3) is 0.357. The van der Waals surface area contributed by atoms with E-state index in [1.54, 1.807) is 6.92 Å². The lowest BCUT2D eigenvalue weighted by molar-refractivity contribution is -0.138. The summed E-state index contributed by atoms with van der Waals surface area (Å²) < 4.78 is 3.12. The van der Waals surface area contributed by atoms with Crippen LogP contribution < -0.4 is 0 Å². The van der Waals surface area contributed by atoms with Gasteiger partial charge in [0.2, 0.25) is 0 Å². The van der Waals surface area contributed by atoms with Gasteiger partial charge >= 0.3 is 5.97 Å². The Morgan fingerprint density at radius 3 is 2.56 bits per heavy atom.